The number of nitrogens with zero attached hydrogens (tertiary/aromatic N) is 4. The lowest BCUT2D eigenvalue weighted by molar-refractivity contribution is 1.13. The topological polar surface area (TPSA) is 43.6 Å². The van der Waals surface area contributed by atoms with E-state index in [0.717, 1.165) is 44.9 Å². The van der Waals surface area contributed by atoms with Gasteiger partial charge in [0, 0.05) is 28.1 Å². The van der Waals surface area contributed by atoms with E-state index in [1.165, 1.54) is 10.8 Å². The van der Waals surface area contributed by atoms with E-state index in [0.29, 0.717) is 5.82 Å². The van der Waals surface area contributed by atoms with Gasteiger partial charge in [-0.25, -0.2) is 9.97 Å². The van der Waals surface area contributed by atoms with E-state index >= 15 is 0 Å². The van der Waals surface area contributed by atoms with Gasteiger partial charge in [-0.3, -0.25) is 4.98 Å². The smallest absolute Gasteiger partial charge is 0.162 e. The molecule has 3 aromatic heterocycles. The summed E-state index contributed by atoms with van der Waals surface area (Å²) in [7, 11) is 0. The van der Waals surface area contributed by atoms with Crippen LogP contribution in [0.5, 0.6) is 0 Å². The van der Waals surface area contributed by atoms with Crippen LogP contribution in [-0.4, -0.2) is 19.5 Å². The van der Waals surface area contributed by atoms with Crippen molar-refractivity contribution >= 4 is 21.8 Å². The molecule has 0 saturated heterocycles. The van der Waals surface area contributed by atoms with Gasteiger partial charge in [0.15, 0.2) is 5.82 Å². The number of hydrogen-bond acceptors (Lipinski definition) is 3. The monoisotopic (exact) mass is 474 g/mol. The van der Waals surface area contributed by atoms with Crippen LogP contribution in [0.4, 0.5) is 0 Å². The minimum Gasteiger partial charge on any atom is -0.309 e. The van der Waals surface area contributed by atoms with Crippen LogP contribution >= 0.6 is 0 Å². The van der Waals surface area contributed by atoms with Crippen molar-refractivity contribution in [3.8, 4) is 39.7 Å². The Kier molecular flexibility index (Phi) is 5.07. The first-order chi connectivity index (χ1) is 18.4. The molecule has 0 aliphatic carbocycles. The van der Waals surface area contributed by atoms with Gasteiger partial charge in [0.25, 0.3) is 0 Å². The molecule has 4 heteroatoms. The third-order valence-electron chi connectivity index (χ3n) is 6.69. The van der Waals surface area contributed by atoms with Crippen LogP contribution in [0.3, 0.4) is 0 Å². The van der Waals surface area contributed by atoms with Crippen LogP contribution in [0.1, 0.15) is 0 Å². The molecule has 0 unspecified atom stereocenters. The number of benzene rings is 4. The van der Waals surface area contributed by atoms with Crippen molar-refractivity contribution in [2.75, 3.05) is 0 Å². The summed E-state index contributed by atoms with van der Waals surface area (Å²) in [5.41, 5.74) is 7.82. The fourth-order valence-corrected chi connectivity index (χ4v) is 5.01. The minimum atomic E-state index is 0.666. The van der Waals surface area contributed by atoms with Gasteiger partial charge in [0.05, 0.1) is 33.8 Å². The SMILES string of the molecule is c1ccc(-c2cc(-c3ccccn3)nc(-c3ccccc3-n3c4ccccc4c4ccccc43)n2)cc1. The standard InChI is InChI=1S/C33H22N4/c1-2-12-23(13-3-1)28-22-29(27-17-10-11-21-34-27)36-33(35-28)26-16-6-9-20-32(26)37-30-18-7-4-14-24(30)25-15-5-8-19-31(25)37/h1-22H. The lowest BCUT2D eigenvalue weighted by Gasteiger charge is -2.14. The molecule has 7 rings (SSSR count). The normalized spacial score (nSPS) is 11.2. The molecule has 4 nitrogen and oxygen atoms in total. The number of aromatic nitrogens is 4. The van der Waals surface area contributed by atoms with Crippen molar-refractivity contribution in [2.45, 2.75) is 0 Å². The molecule has 37 heavy (non-hydrogen) atoms. The zero-order valence-electron chi connectivity index (χ0n) is 20.0. The fraction of sp³-hybridized carbons (Fsp3) is 0. The van der Waals surface area contributed by atoms with Gasteiger partial charge in [-0.15, -0.1) is 0 Å². The summed E-state index contributed by atoms with van der Waals surface area (Å²) in [5, 5.41) is 2.45. The maximum absolute atomic E-state index is 5.08. The molecule has 0 amide bonds. The molecule has 0 fully saturated rings. The second-order valence-corrected chi connectivity index (χ2v) is 8.93. The van der Waals surface area contributed by atoms with Crippen molar-refractivity contribution in [1.29, 1.82) is 0 Å². The molecular weight excluding hydrogens is 452 g/mol. The van der Waals surface area contributed by atoms with Crippen molar-refractivity contribution < 1.29 is 0 Å². The van der Waals surface area contributed by atoms with Crippen molar-refractivity contribution in [1.82, 2.24) is 19.5 Å². The van der Waals surface area contributed by atoms with Crippen LogP contribution in [-0.2, 0) is 0 Å². The molecule has 0 spiro atoms. The highest BCUT2D eigenvalue weighted by molar-refractivity contribution is 6.09. The summed E-state index contributed by atoms with van der Waals surface area (Å²) in [6, 6.07) is 43.6. The van der Waals surface area contributed by atoms with Gasteiger partial charge >= 0.3 is 0 Å². The fourth-order valence-electron chi connectivity index (χ4n) is 5.01. The molecule has 0 N–H and O–H groups in total. The van der Waals surface area contributed by atoms with Gasteiger partial charge in [-0.05, 0) is 42.5 Å². The number of pyridine rings is 1. The average molecular weight is 475 g/mol. The highest BCUT2D eigenvalue weighted by Crippen LogP contribution is 2.36. The first-order valence-corrected chi connectivity index (χ1v) is 12.3. The Hall–Kier alpha value is -5.09. The summed E-state index contributed by atoms with van der Waals surface area (Å²) in [5.74, 6) is 0.666. The summed E-state index contributed by atoms with van der Waals surface area (Å²) < 4.78 is 2.32. The Morgan fingerprint density at radius 1 is 0.486 bits per heavy atom. The molecule has 0 saturated carbocycles. The maximum atomic E-state index is 5.08. The van der Waals surface area contributed by atoms with E-state index in [-0.39, 0.29) is 0 Å². The zero-order valence-corrected chi connectivity index (χ0v) is 20.0. The van der Waals surface area contributed by atoms with E-state index < -0.39 is 0 Å². The van der Waals surface area contributed by atoms with Crippen molar-refractivity contribution in [3.63, 3.8) is 0 Å². The Morgan fingerprint density at radius 3 is 1.84 bits per heavy atom. The zero-order chi connectivity index (χ0) is 24.6. The molecule has 3 heterocycles. The quantitative estimate of drug-likeness (QED) is 0.260. The van der Waals surface area contributed by atoms with Crippen LogP contribution < -0.4 is 0 Å². The maximum Gasteiger partial charge on any atom is 0.162 e. The Balaban J connectivity index is 1.52. The van der Waals surface area contributed by atoms with Crippen molar-refractivity contribution in [2.24, 2.45) is 0 Å². The second-order valence-electron chi connectivity index (χ2n) is 8.93. The lowest BCUT2D eigenvalue weighted by atomic mass is 10.1. The third kappa shape index (κ3) is 3.67. The minimum absolute atomic E-state index is 0.666. The predicted molar refractivity (Wildman–Crippen MR) is 150 cm³/mol. The molecule has 0 radical (unpaired) electrons. The van der Waals surface area contributed by atoms with E-state index in [1.54, 1.807) is 6.20 Å². The highest BCUT2D eigenvalue weighted by Gasteiger charge is 2.18. The van der Waals surface area contributed by atoms with Crippen LogP contribution in [0.25, 0.3) is 61.5 Å². The van der Waals surface area contributed by atoms with Gasteiger partial charge in [-0.1, -0.05) is 84.9 Å². The number of hydrogen-bond donors (Lipinski definition) is 0. The molecule has 0 atom stereocenters. The van der Waals surface area contributed by atoms with Gasteiger partial charge in [0.2, 0.25) is 0 Å². The van der Waals surface area contributed by atoms with Gasteiger partial charge in [0.1, 0.15) is 0 Å². The van der Waals surface area contributed by atoms with Crippen LogP contribution in [0.2, 0.25) is 0 Å². The molecule has 0 aliphatic heterocycles. The lowest BCUT2D eigenvalue weighted by Crippen LogP contribution is -2.01. The van der Waals surface area contributed by atoms with E-state index in [2.05, 4.69) is 88.4 Å². The van der Waals surface area contributed by atoms with Crippen LogP contribution in [0, 0.1) is 0 Å². The summed E-state index contributed by atoms with van der Waals surface area (Å²) >= 11 is 0. The van der Waals surface area contributed by atoms with E-state index in [4.69, 9.17) is 9.97 Å². The largest absolute Gasteiger partial charge is 0.309 e. The molecule has 0 bridgehead atoms. The molecule has 0 aliphatic rings. The Labute approximate surface area is 214 Å². The van der Waals surface area contributed by atoms with E-state index in [1.807, 2.05) is 48.5 Å². The second kappa shape index (κ2) is 8.85. The number of para-hydroxylation sites is 3. The van der Waals surface area contributed by atoms with Crippen LogP contribution in [0.15, 0.2) is 134 Å². The molecule has 7 aromatic rings. The van der Waals surface area contributed by atoms with Gasteiger partial charge in [-0.2, -0.15) is 0 Å². The first-order valence-electron chi connectivity index (χ1n) is 12.3. The van der Waals surface area contributed by atoms with E-state index in [9.17, 15) is 0 Å². The summed E-state index contributed by atoms with van der Waals surface area (Å²) in [6.07, 6.45) is 1.80. The summed E-state index contributed by atoms with van der Waals surface area (Å²) in [4.78, 5) is 14.7. The molecule has 174 valence electrons. The Bertz CT molecular complexity index is 1760. The Morgan fingerprint density at radius 2 is 1.11 bits per heavy atom. The number of fused-ring (bicyclic) bond motifs is 3. The molecular formula is C33H22N4. The van der Waals surface area contributed by atoms with Crippen molar-refractivity contribution in [3.05, 3.63) is 134 Å². The average Bonchev–Trinajstić information content (AvgIpc) is 3.32. The highest BCUT2D eigenvalue weighted by atomic mass is 15.0. The summed E-state index contributed by atoms with van der Waals surface area (Å²) in [6.45, 7) is 0. The first kappa shape index (κ1) is 21.2. The van der Waals surface area contributed by atoms with Gasteiger partial charge < -0.3 is 4.57 Å². The predicted octanol–water partition coefficient (Wildman–Crippen LogP) is 7.97. The third-order valence-corrected chi connectivity index (χ3v) is 6.69. The number of rotatable bonds is 4. The molecule has 4 aromatic carbocycles.